The Morgan fingerprint density at radius 2 is 0.855 bits per heavy atom. The lowest BCUT2D eigenvalue weighted by atomic mass is 9.70. The third kappa shape index (κ3) is 4.85. The van der Waals surface area contributed by atoms with Crippen LogP contribution in [0.4, 0.5) is 0 Å². The van der Waals surface area contributed by atoms with E-state index in [1.807, 2.05) is 0 Å². The van der Waals surface area contributed by atoms with Gasteiger partial charge in [-0.25, -0.2) is 0 Å². The van der Waals surface area contributed by atoms with Gasteiger partial charge in [-0.1, -0.05) is 200 Å². The Labute approximate surface area is 322 Å². The van der Waals surface area contributed by atoms with Gasteiger partial charge in [0.25, 0.3) is 0 Å². The molecule has 0 amide bonds. The predicted molar refractivity (Wildman–Crippen MR) is 231 cm³/mol. The Kier molecular flexibility index (Phi) is 7.19. The van der Waals surface area contributed by atoms with Crippen molar-refractivity contribution in [2.24, 2.45) is 0 Å². The van der Waals surface area contributed by atoms with E-state index in [1.54, 1.807) is 0 Å². The molecule has 9 aromatic rings. The second-order valence-electron chi connectivity index (χ2n) is 14.8. The predicted octanol–water partition coefficient (Wildman–Crippen LogP) is 14.1. The largest absolute Gasteiger partial charge is 0.0725 e. The maximum absolute atomic E-state index is 2.50. The minimum Gasteiger partial charge on any atom is -0.0622 e. The summed E-state index contributed by atoms with van der Waals surface area (Å²) in [4.78, 5) is 0. The quantitative estimate of drug-likeness (QED) is 0.157. The normalized spacial score (nSPS) is 13.3. The fraction of sp³-hybridized carbons (Fsp3) is 0.0182. The summed E-state index contributed by atoms with van der Waals surface area (Å²) >= 11 is 0. The van der Waals surface area contributed by atoms with E-state index in [1.165, 1.54) is 99.8 Å². The average molecular weight is 697 g/mol. The maximum atomic E-state index is 2.50. The van der Waals surface area contributed by atoms with E-state index in [4.69, 9.17) is 0 Å². The smallest absolute Gasteiger partial charge is 0.0622 e. The van der Waals surface area contributed by atoms with Gasteiger partial charge in [-0.15, -0.1) is 0 Å². The standard InChI is InChI=1S/C55H36/c1-2-15-38(16-3-1)42-19-12-14-37(34-42)35-50(41-30-28-40(29-31-41)45-24-13-18-39-17-4-5-20-44(39)45)43-32-33-49-48-23-8-11-27-53(48)55(54(49)36-43)51-25-9-6-21-46(51)47-22-7-10-26-52(47)55/h1-36H/b50-35+. The molecule has 0 saturated carbocycles. The van der Waals surface area contributed by atoms with Crippen molar-refractivity contribution in [1.82, 2.24) is 0 Å². The van der Waals surface area contributed by atoms with Crippen LogP contribution in [0.3, 0.4) is 0 Å². The van der Waals surface area contributed by atoms with Gasteiger partial charge in [0.05, 0.1) is 5.41 Å². The molecule has 0 saturated heterocycles. The van der Waals surface area contributed by atoms with E-state index in [2.05, 4.69) is 218 Å². The summed E-state index contributed by atoms with van der Waals surface area (Å²) in [6.45, 7) is 0. The lowest BCUT2D eigenvalue weighted by Gasteiger charge is -2.30. The number of benzene rings is 9. The Bertz CT molecular complexity index is 2890. The van der Waals surface area contributed by atoms with Gasteiger partial charge in [-0.3, -0.25) is 0 Å². The van der Waals surface area contributed by atoms with Crippen molar-refractivity contribution in [3.8, 4) is 44.5 Å². The van der Waals surface area contributed by atoms with Gasteiger partial charge >= 0.3 is 0 Å². The molecule has 0 heteroatoms. The fourth-order valence-corrected chi connectivity index (χ4v) is 9.51. The molecule has 0 aliphatic heterocycles. The zero-order valence-electron chi connectivity index (χ0n) is 30.3. The van der Waals surface area contributed by atoms with Crippen LogP contribution < -0.4 is 0 Å². The van der Waals surface area contributed by atoms with Gasteiger partial charge in [-0.05, 0) is 118 Å². The van der Waals surface area contributed by atoms with Crippen LogP contribution in [0.5, 0.6) is 0 Å². The Morgan fingerprint density at radius 1 is 0.327 bits per heavy atom. The first-order valence-electron chi connectivity index (χ1n) is 19.2. The van der Waals surface area contributed by atoms with Gasteiger partial charge in [0, 0.05) is 0 Å². The molecule has 0 radical (unpaired) electrons. The Hall–Kier alpha value is -7.02. The van der Waals surface area contributed by atoms with Crippen molar-refractivity contribution >= 4 is 22.4 Å². The van der Waals surface area contributed by atoms with Crippen molar-refractivity contribution in [1.29, 1.82) is 0 Å². The topological polar surface area (TPSA) is 0 Å². The van der Waals surface area contributed by atoms with Gasteiger partial charge < -0.3 is 0 Å². The van der Waals surface area contributed by atoms with Crippen molar-refractivity contribution in [3.05, 3.63) is 251 Å². The fourth-order valence-electron chi connectivity index (χ4n) is 9.51. The summed E-state index contributed by atoms with van der Waals surface area (Å²) in [6.07, 6.45) is 2.38. The highest BCUT2D eigenvalue weighted by Crippen LogP contribution is 2.63. The molecule has 1 spiro atoms. The molecule has 0 nitrogen and oxygen atoms in total. The molecule has 9 aromatic carbocycles. The molecule has 0 heterocycles. The lowest BCUT2D eigenvalue weighted by molar-refractivity contribution is 0.793. The second-order valence-corrected chi connectivity index (χ2v) is 14.8. The molecule has 55 heavy (non-hydrogen) atoms. The van der Waals surface area contributed by atoms with E-state index in [0.717, 1.165) is 0 Å². The molecular formula is C55H36. The molecule has 0 bridgehead atoms. The summed E-state index contributed by atoms with van der Waals surface area (Å²) in [6, 6.07) is 78.4. The molecule has 0 aromatic heterocycles. The van der Waals surface area contributed by atoms with Crippen molar-refractivity contribution in [3.63, 3.8) is 0 Å². The van der Waals surface area contributed by atoms with E-state index < -0.39 is 5.41 Å². The maximum Gasteiger partial charge on any atom is 0.0725 e. The zero-order chi connectivity index (χ0) is 36.3. The molecule has 0 fully saturated rings. The van der Waals surface area contributed by atoms with E-state index in [-0.39, 0.29) is 0 Å². The molecule has 2 aliphatic rings. The van der Waals surface area contributed by atoms with Crippen molar-refractivity contribution in [2.75, 3.05) is 0 Å². The highest BCUT2D eigenvalue weighted by molar-refractivity contribution is 6.00. The molecule has 11 rings (SSSR count). The molecule has 0 N–H and O–H groups in total. The van der Waals surface area contributed by atoms with Crippen LogP contribution >= 0.6 is 0 Å². The van der Waals surface area contributed by atoms with Crippen LogP contribution in [0.2, 0.25) is 0 Å². The minimum atomic E-state index is -0.397. The Morgan fingerprint density at radius 3 is 1.56 bits per heavy atom. The third-order valence-electron chi connectivity index (χ3n) is 11.9. The molecule has 0 atom stereocenters. The van der Waals surface area contributed by atoms with E-state index in [0.29, 0.717) is 0 Å². The molecule has 0 unspecified atom stereocenters. The summed E-state index contributed by atoms with van der Waals surface area (Å²) in [7, 11) is 0. The zero-order valence-corrected chi connectivity index (χ0v) is 30.3. The van der Waals surface area contributed by atoms with E-state index in [9.17, 15) is 0 Å². The van der Waals surface area contributed by atoms with Gasteiger partial charge in [0.15, 0.2) is 0 Å². The first-order valence-corrected chi connectivity index (χ1v) is 19.2. The molecular weight excluding hydrogens is 661 g/mol. The number of hydrogen-bond acceptors (Lipinski definition) is 0. The van der Waals surface area contributed by atoms with Gasteiger partial charge in [-0.2, -0.15) is 0 Å². The third-order valence-corrected chi connectivity index (χ3v) is 11.9. The van der Waals surface area contributed by atoms with Crippen LogP contribution in [-0.2, 0) is 5.41 Å². The highest BCUT2D eigenvalue weighted by atomic mass is 14.5. The SMILES string of the molecule is C(=C(/c1ccc(-c2cccc3ccccc23)cc1)c1ccc2c(c1)C1(c3ccccc3-c3ccccc31)c1ccccc1-2)/c1cccc(-c2ccccc2)c1. The summed E-state index contributed by atoms with van der Waals surface area (Å²) in [5.41, 5.74) is 20.0. The summed E-state index contributed by atoms with van der Waals surface area (Å²) in [5.74, 6) is 0. The van der Waals surface area contributed by atoms with Crippen molar-refractivity contribution in [2.45, 2.75) is 5.41 Å². The van der Waals surface area contributed by atoms with E-state index >= 15 is 0 Å². The Balaban J connectivity index is 1.13. The minimum absolute atomic E-state index is 0.397. The summed E-state index contributed by atoms with van der Waals surface area (Å²) in [5, 5.41) is 2.53. The first-order chi connectivity index (χ1) is 27.3. The van der Waals surface area contributed by atoms with Crippen LogP contribution in [0.15, 0.2) is 212 Å². The van der Waals surface area contributed by atoms with Crippen molar-refractivity contribution < 1.29 is 0 Å². The van der Waals surface area contributed by atoms with Gasteiger partial charge in [0.2, 0.25) is 0 Å². The monoisotopic (exact) mass is 696 g/mol. The second kappa shape index (κ2) is 12.5. The molecule has 2 aliphatic carbocycles. The molecule has 256 valence electrons. The number of hydrogen-bond donors (Lipinski definition) is 0. The van der Waals surface area contributed by atoms with Crippen LogP contribution in [-0.4, -0.2) is 0 Å². The number of fused-ring (bicyclic) bond motifs is 11. The number of rotatable bonds is 5. The van der Waals surface area contributed by atoms with Crippen LogP contribution in [0.1, 0.15) is 38.9 Å². The first kappa shape index (κ1) is 31.5. The van der Waals surface area contributed by atoms with Crippen LogP contribution in [0, 0.1) is 0 Å². The highest BCUT2D eigenvalue weighted by Gasteiger charge is 2.51. The van der Waals surface area contributed by atoms with Crippen LogP contribution in [0.25, 0.3) is 66.9 Å². The van der Waals surface area contributed by atoms with Gasteiger partial charge in [0.1, 0.15) is 0 Å². The average Bonchev–Trinajstić information content (AvgIpc) is 3.73. The lowest BCUT2D eigenvalue weighted by Crippen LogP contribution is -2.25. The summed E-state index contributed by atoms with van der Waals surface area (Å²) < 4.78 is 0.